The van der Waals surface area contributed by atoms with Gasteiger partial charge in [0.2, 0.25) is 0 Å². The Balaban J connectivity index is 1.62. The molecule has 0 saturated heterocycles. The van der Waals surface area contributed by atoms with Gasteiger partial charge in [0.05, 0.1) is 24.0 Å². The predicted octanol–water partition coefficient (Wildman–Crippen LogP) is 5.23. The lowest BCUT2D eigenvalue weighted by molar-refractivity contribution is -0.137. The molecule has 6 nitrogen and oxygen atoms in total. The molecule has 2 unspecified atom stereocenters. The van der Waals surface area contributed by atoms with Crippen molar-refractivity contribution >= 4 is 23.2 Å². The van der Waals surface area contributed by atoms with Crippen molar-refractivity contribution in [1.82, 2.24) is 5.32 Å². The fraction of sp³-hybridized carbons (Fsp3) is 0.464. The number of allylic oxidation sites excluding steroid dienone is 4. The first-order chi connectivity index (χ1) is 16.6. The number of nitrogens with one attached hydrogen (secondary N) is 2. The number of rotatable bonds is 14. The van der Waals surface area contributed by atoms with Crippen LogP contribution in [0, 0.1) is 11.8 Å². The van der Waals surface area contributed by atoms with Crippen LogP contribution in [0.25, 0.3) is 0 Å². The lowest BCUT2D eigenvalue weighted by Crippen LogP contribution is -2.41. The van der Waals surface area contributed by atoms with E-state index in [9.17, 15) is 14.4 Å². The van der Waals surface area contributed by atoms with Crippen LogP contribution in [0.15, 0.2) is 54.8 Å². The summed E-state index contributed by atoms with van der Waals surface area (Å²) in [4.78, 5) is 38.0. The summed E-state index contributed by atoms with van der Waals surface area (Å²) >= 11 is 0. The van der Waals surface area contributed by atoms with Crippen LogP contribution in [0.2, 0.25) is 0 Å². The molecule has 2 atom stereocenters. The zero-order valence-electron chi connectivity index (χ0n) is 20.1. The number of unbranched alkanes of at least 4 members (excludes halogenated alkanes) is 5. The van der Waals surface area contributed by atoms with Gasteiger partial charge in [-0.2, -0.15) is 0 Å². The first kappa shape index (κ1) is 25.5. The van der Waals surface area contributed by atoms with Crippen molar-refractivity contribution in [3.05, 3.63) is 65.9 Å². The molecule has 182 valence electrons. The van der Waals surface area contributed by atoms with Gasteiger partial charge in [-0.15, -0.1) is 0 Å². The molecule has 0 amide bonds. The molecule has 0 aliphatic heterocycles. The summed E-state index contributed by atoms with van der Waals surface area (Å²) in [6, 6.07) is 5.53. The maximum atomic E-state index is 13.7. The number of ether oxygens (including phenoxy) is 1. The monoisotopic (exact) mass is 464 g/mol. The second-order valence-electron chi connectivity index (χ2n) is 8.81. The molecule has 0 radical (unpaired) electrons. The highest BCUT2D eigenvalue weighted by atomic mass is 16.5. The highest BCUT2D eigenvalue weighted by Gasteiger charge is 2.44. The second-order valence-corrected chi connectivity index (χ2v) is 8.81. The lowest BCUT2D eigenvalue weighted by atomic mass is 9.70. The van der Waals surface area contributed by atoms with E-state index in [2.05, 4.69) is 24.1 Å². The van der Waals surface area contributed by atoms with E-state index in [4.69, 9.17) is 4.74 Å². The Kier molecular flexibility index (Phi) is 9.68. The largest absolute Gasteiger partial charge is 0.463 e. The van der Waals surface area contributed by atoms with Crippen LogP contribution in [0.1, 0.15) is 72.6 Å². The van der Waals surface area contributed by atoms with Crippen molar-refractivity contribution in [3.63, 3.8) is 0 Å². The van der Waals surface area contributed by atoms with Gasteiger partial charge in [-0.25, -0.2) is 4.79 Å². The van der Waals surface area contributed by atoms with Crippen molar-refractivity contribution in [1.29, 1.82) is 0 Å². The summed E-state index contributed by atoms with van der Waals surface area (Å²) in [5.74, 6) is -1.39. The Morgan fingerprint density at radius 1 is 1.03 bits per heavy atom. The summed E-state index contributed by atoms with van der Waals surface area (Å²) in [5, 5.41) is 6.80. The summed E-state index contributed by atoms with van der Waals surface area (Å²) in [6.07, 6.45) is 13.9. The van der Waals surface area contributed by atoms with E-state index in [0.717, 1.165) is 56.1 Å². The van der Waals surface area contributed by atoms with Gasteiger partial charge in [-0.05, 0) is 37.8 Å². The van der Waals surface area contributed by atoms with Gasteiger partial charge >= 0.3 is 5.97 Å². The van der Waals surface area contributed by atoms with Crippen molar-refractivity contribution in [2.45, 2.75) is 51.9 Å². The van der Waals surface area contributed by atoms with Gasteiger partial charge in [0.15, 0.2) is 11.6 Å². The molecular weight excluding hydrogens is 428 g/mol. The number of anilines is 1. The zero-order valence-corrected chi connectivity index (χ0v) is 20.1. The van der Waals surface area contributed by atoms with Gasteiger partial charge in [-0.1, -0.05) is 57.0 Å². The standard InChI is InChI=1S/C28H36N2O4/c1-3-5-6-8-17-29-22-15-11-13-20-25(22)28(33)26-21(27(20)32)14-12-16-23(26)30-18-9-7-10-19-34-24(31)4-2/h4,11-16,21,26,29-30H,2-3,5-10,17-19H2,1H3. The number of carbonyl (C=O) groups excluding carboxylic acids is 3. The van der Waals surface area contributed by atoms with Crippen molar-refractivity contribution in [2.24, 2.45) is 11.8 Å². The minimum absolute atomic E-state index is 0.00178. The second kappa shape index (κ2) is 12.9. The van der Waals surface area contributed by atoms with Crippen molar-refractivity contribution < 1.29 is 19.1 Å². The molecule has 0 spiro atoms. The van der Waals surface area contributed by atoms with E-state index in [0.29, 0.717) is 24.3 Å². The van der Waals surface area contributed by atoms with Crippen LogP contribution in [0.3, 0.4) is 0 Å². The van der Waals surface area contributed by atoms with E-state index in [1.165, 1.54) is 12.8 Å². The van der Waals surface area contributed by atoms with Gasteiger partial charge in [-0.3, -0.25) is 9.59 Å². The molecule has 2 N–H and O–H groups in total. The smallest absolute Gasteiger partial charge is 0.330 e. The van der Waals surface area contributed by atoms with Gasteiger partial charge in [0, 0.05) is 36.1 Å². The van der Waals surface area contributed by atoms with Gasteiger partial charge < -0.3 is 15.4 Å². The molecule has 1 aromatic rings. The molecule has 1 aromatic carbocycles. The van der Waals surface area contributed by atoms with E-state index < -0.39 is 17.8 Å². The fourth-order valence-electron chi connectivity index (χ4n) is 4.55. The van der Waals surface area contributed by atoms with Crippen LogP contribution >= 0.6 is 0 Å². The highest BCUT2D eigenvalue weighted by Crippen LogP contribution is 2.39. The molecule has 6 heteroatoms. The average Bonchev–Trinajstić information content (AvgIpc) is 2.86. The number of Topliss-reactive ketones (excluding diaryl/α,β-unsaturated/α-hetero) is 2. The maximum Gasteiger partial charge on any atom is 0.330 e. The number of fused-ring (bicyclic) bond motifs is 2. The Morgan fingerprint density at radius 2 is 1.79 bits per heavy atom. The minimum atomic E-state index is -0.512. The predicted molar refractivity (Wildman–Crippen MR) is 135 cm³/mol. The number of hydrogen-bond acceptors (Lipinski definition) is 6. The molecule has 34 heavy (non-hydrogen) atoms. The van der Waals surface area contributed by atoms with Crippen molar-refractivity contribution in [3.8, 4) is 0 Å². The highest BCUT2D eigenvalue weighted by molar-refractivity contribution is 6.20. The maximum absolute atomic E-state index is 13.7. The van der Waals surface area contributed by atoms with E-state index in [1.807, 2.05) is 30.4 Å². The summed E-state index contributed by atoms with van der Waals surface area (Å²) in [7, 11) is 0. The third kappa shape index (κ3) is 6.25. The molecule has 2 aliphatic rings. The average molecular weight is 465 g/mol. The Morgan fingerprint density at radius 3 is 2.56 bits per heavy atom. The molecule has 0 fully saturated rings. The van der Waals surface area contributed by atoms with E-state index >= 15 is 0 Å². The lowest BCUT2D eigenvalue weighted by Gasteiger charge is -2.34. The van der Waals surface area contributed by atoms with E-state index in [-0.39, 0.29) is 11.6 Å². The molecule has 3 rings (SSSR count). The molecule has 0 heterocycles. The molecule has 2 aliphatic carbocycles. The van der Waals surface area contributed by atoms with Crippen LogP contribution in [0.4, 0.5) is 5.69 Å². The first-order valence-corrected chi connectivity index (χ1v) is 12.4. The molecule has 0 saturated carbocycles. The van der Waals surface area contributed by atoms with Gasteiger partial charge in [0.1, 0.15) is 0 Å². The van der Waals surface area contributed by atoms with Gasteiger partial charge in [0.25, 0.3) is 0 Å². The fourth-order valence-corrected chi connectivity index (χ4v) is 4.55. The quantitative estimate of drug-likeness (QED) is 0.223. The van der Waals surface area contributed by atoms with Crippen LogP contribution in [-0.4, -0.2) is 37.2 Å². The number of hydrogen-bond donors (Lipinski definition) is 2. The number of ketones is 2. The number of carbonyl (C=O) groups is 3. The first-order valence-electron chi connectivity index (χ1n) is 12.4. The topological polar surface area (TPSA) is 84.5 Å². The Hall–Kier alpha value is -3.15. The number of benzene rings is 1. The van der Waals surface area contributed by atoms with Crippen molar-refractivity contribution in [2.75, 3.05) is 25.0 Å². The summed E-state index contributed by atoms with van der Waals surface area (Å²) in [6.45, 7) is 7.40. The van der Waals surface area contributed by atoms with Crippen LogP contribution in [0.5, 0.6) is 0 Å². The molecular formula is C28H36N2O4. The number of esters is 1. The Bertz CT molecular complexity index is 963. The summed E-state index contributed by atoms with van der Waals surface area (Å²) < 4.78 is 4.99. The third-order valence-electron chi connectivity index (χ3n) is 6.36. The SMILES string of the molecule is C=CC(=O)OCCCCCNC1=CC=CC2C(=O)c3cccc(NCCCCCC)c3C(=O)C12. The normalized spacial score (nSPS) is 18.6. The zero-order chi connectivity index (χ0) is 24.3. The molecule has 0 bridgehead atoms. The van der Waals surface area contributed by atoms with Crippen LogP contribution in [-0.2, 0) is 9.53 Å². The summed E-state index contributed by atoms with van der Waals surface area (Å²) in [5.41, 5.74) is 2.60. The minimum Gasteiger partial charge on any atom is -0.463 e. The third-order valence-corrected chi connectivity index (χ3v) is 6.36. The molecule has 0 aromatic heterocycles. The Labute approximate surface area is 202 Å². The van der Waals surface area contributed by atoms with Crippen LogP contribution < -0.4 is 10.6 Å². The van der Waals surface area contributed by atoms with E-state index in [1.54, 1.807) is 6.07 Å².